The van der Waals surface area contributed by atoms with Crippen molar-refractivity contribution in [2.24, 2.45) is 0 Å². The van der Waals surface area contributed by atoms with Crippen molar-refractivity contribution in [2.45, 2.75) is 13.0 Å². The molecule has 0 bridgehead atoms. The average Bonchev–Trinajstić information content (AvgIpc) is 2.43. The van der Waals surface area contributed by atoms with Crippen LogP contribution in [0.5, 0.6) is 0 Å². The Morgan fingerprint density at radius 2 is 2.05 bits per heavy atom. The summed E-state index contributed by atoms with van der Waals surface area (Å²) in [6, 6.07) is 0. The monoisotopic (exact) mass is 504 g/mol. The van der Waals surface area contributed by atoms with Crippen LogP contribution in [-0.4, -0.2) is 41.7 Å². The van der Waals surface area contributed by atoms with Crippen molar-refractivity contribution in [3.63, 3.8) is 0 Å². The number of nitrogens with two attached hydrogens (primary N) is 1. The minimum absolute atomic E-state index is 0.0777. The van der Waals surface area contributed by atoms with Crippen LogP contribution >= 0.6 is 45.2 Å². The first-order valence-corrected chi connectivity index (χ1v) is 7.80. The van der Waals surface area contributed by atoms with Crippen molar-refractivity contribution in [1.29, 1.82) is 0 Å². The van der Waals surface area contributed by atoms with Gasteiger partial charge in [0.2, 0.25) is 0 Å². The van der Waals surface area contributed by atoms with E-state index in [-0.39, 0.29) is 6.54 Å². The lowest BCUT2D eigenvalue weighted by Crippen LogP contribution is -2.35. The number of carbonyl (C=O) groups excluding carboxylic acids is 2. The van der Waals surface area contributed by atoms with Gasteiger partial charge in [-0.3, -0.25) is 9.59 Å². The molecule has 5 N–H and O–H groups in total. The number of nitrogens with one attached hydrogen (secondary N) is 1. The predicted molar refractivity (Wildman–Crippen MR) is 91.8 cm³/mol. The van der Waals surface area contributed by atoms with Crippen molar-refractivity contribution in [2.75, 3.05) is 18.9 Å². The number of nitrogen functional groups attached to an aromatic ring is 1. The van der Waals surface area contributed by atoms with E-state index in [4.69, 9.17) is 10.8 Å². The fraction of sp³-hybridized carbons (Fsp3) is 0.333. The summed E-state index contributed by atoms with van der Waals surface area (Å²) in [6.07, 6.45) is -0.356. The second-order valence-electron chi connectivity index (χ2n) is 4.12. The molecule has 0 aromatic heterocycles. The molecular formula is C12H14I2N2O4. The molecule has 1 amide bonds. The molecule has 8 heteroatoms. The zero-order valence-electron chi connectivity index (χ0n) is 10.6. The Labute approximate surface area is 143 Å². The highest BCUT2D eigenvalue weighted by Crippen LogP contribution is 2.31. The van der Waals surface area contributed by atoms with Gasteiger partial charge in [-0.15, -0.1) is 0 Å². The summed E-state index contributed by atoms with van der Waals surface area (Å²) in [4.78, 5) is 23.3. The molecule has 1 aromatic carbocycles. The zero-order chi connectivity index (χ0) is 15.4. The third kappa shape index (κ3) is 3.59. The van der Waals surface area contributed by atoms with E-state index < -0.39 is 18.6 Å². The van der Waals surface area contributed by atoms with Crippen molar-refractivity contribution in [3.8, 4) is 0 Å². The maximum atomic E-state index is 12.2. The molecule has 1 aromatic rings. The minimum atomic E-state index is -1.03. The van der Waals surface area contributed by atoms with Crippen LogP contribution in [0.15, 0.2) is 0 Å². The normalized spacial score (nSPS) is 12.1. The minimum Gasteiger partial charge on any atom is -0.398 e. The zero-order valence-corrected chi connectivity index (χ0v) is 14.9. The Kier molecular flexibility index (Phi) is 6.61. The van der Waals surface area contributed by atoms with Gasteiger partial charge in [-0.1, -0.05) is 0 Å². The van der Waals surface area contributed by atoms with Crippen LogP contribution in [0.1, 0.15) is 26.3 Å². The standard InChI is InChI=1S/C12H14I2N2O4/c1-5-7(4-18)9(13)8(10(14)11(5)15)12(20)16-2-6(19)3-17/h4,6,17,19H,2-3,15H2,1H3,(H,16,20). The van der Waals surface area contributed by atoms with Crippen LogP contribution in [0.2, 0.25) is 0 Å². The number of halogens is 2. The number of benzene rings is 1. The summed E-state index contributed by atoms with van der Waals surface area (Å²) in [5, 5.41) is 20.5. The third-order valence-electron chi connectivity index (χ3n) is 2.77. The molecule has 20 heavy (non-hydrogen) atoms. The summed E-state index contributed by atoms with van der Waals surface area (Å²) in [5.74, 6) is -0.443. The van der Waals surface area contributed by atoms with Gasteiger partial charge in [0.25, 0.3) is 5.91 Å². The molecule has 0 radical (unpaired) electrons. The largest absolute Gasteiger partial charge is 0.398 e. The van der Waals surface area contributed by atoms with E-state index in [0.29, 0.717) is 35.8 Å². The van der Waals surface area contributed by atoms with E-state index >= 15 is 0 Å². The highest BCUT2D eigenvalue weighted by molar-refractivity contribution is 14.1. The van der Waals surface area contributed by atoms with Gasteiger partial charge in [0, 0.05) is 21.4 Å². The predicted octanol–water partition coefficient (Wildman–Crippen LogP) is 0.682. The van der Waals surface area contributed by atoms with Gasteiger partial charge in [0.15, 0.2) is 6.29 Å². The second-order valence-corrected chi connectivity index (χ2v) is 6.28. The van der Waals surface area contributed by atoms with Crippen molar-refractivity contribution in [3.05, 3.63) is 23.8 Å². The summed E-state index contributed by atoms with van der Waals surface area (Å²) in [7, 11) is 0. The lowest BCUT2D eigenvalue weighted by molar-refractivity contribution is 0.0801. The number of amides is 1. The molecule has 0 spiro atoms. The number of rotatable bonds is 5. The molecule has 0 aliphatic heterocycles. The Morgan fingerprint density at radius 1 is 1.45 bits per heavy atom. The molecule has 0 aliphatic rings. The van der Waals surface area contributed by atoms with Crippen molar-refractivity contribution >= 4 is 63.1 Å². The number of anilines is 1. The Morgan fingerprint density at radius 3 is 2.55 bits per heavy atom. The number of aliphatic hydroxyl groups is 2. The van der Waals surface area contributed by atoms with Gasteiger partial charge in [-0.05, 0) is 57.7 Å². The van der Waals surface area contributed by atoms with Gasteiger partial charge >= 0.3 is 0 Å². The summed E-state index contributed by atoms with van der Waals surface area (Å²) in [6.45, 7) is 1.20. The van der Waals surface area contributed by atoms with E-state index in [1.807, 2.05) is 45.2 Å². The Hall–Kier alpha value is -0.460. The van der Waals surface area contributed by atoms with Gasteiger partial charge in [-0.25, -0.2) is 0 Å². The van der Waals surface area contributed by atoms with Gasteiger partial charge in [0.05, 0.1) is 21.8 Å². The first kappa shape index (κ1) is 17.6. The van der Waals surface area contributed by atoms with Gasteiger partial charge in [-0.2, -0.15) is 0 Å². The third-order valence-corrected chi connectivity index (χ3v) is 5.01. The van der Waals surface area contributed by atoms with E-state index in [2.05, 4.69) is 5.32 Å². The van der Waals surface area contributed by atoms with E-state index in [1.54, 1.807) is 6.92 Å². The molecule has 0 saturated heterocycles. The quantitative estimate of drug-likeness (QED) is 0.268. The van der Waals surface area contributed by atoms with Crippen LogP contribution in [0.4, 0.5) is 5.69 Å². The Bertz CT molecular complexity index is 549. The maximum absolute atomic E-state index is 12.2. The molecule has 0 fully saturated rings. The number of hydrogen-bond acceptors (Lipinski definition) is 5. The molecule has 0 saturated carbocycles. The van der Waals surface area contributed by atoms with Crippen molar-refractivity contribution < 1.29 is 19.8 Å². The lowest BCUT2D eigenvalue weighted by Gasteiger charge is -2.16. The Balaban J connectivity index is 3.21. The summed E-state index contributed by atoms with van der Waals surface area (Å²) < 4.78 is 1.08. The molecule has 1 rings (SSSR count). The van der Waals surface area contributed by atoms with Crippen LogP contribution in [0.3, 0.4) is 0 Å². The van der Waals surface area contributed by atoms with Crippen LogP contribution in [0.25, 0.3) is 0 Å². The van der Waals surface area contributed by atoms with Crippen LogP contribution < -0.4 is 11.1 Å². The molecular weight excluding hydrogens is 490 g/mol. The molecule has 110 valence electrons. The summed E-state index contributed by atoms with van der Waals surface area (Å²) >= 11 is 3.88. The fourth-order valence-electron chi connectivity index (χ4n) is 1.54. The van der Waals surface area contributed by atoms with Crippen LogP contribution in [0, 0.1) is 14.1 Å². The SMILES string of the molecule is Cc1c(N)c(I)c(C(=O)NCC(O)CO)c(I)c1C=O. The van der Waals surface area contributed by atoms with Crippen LogP contribution in [-0.2, 0) is 0 Å². The average molecular weight is 504 g/mol. The van der Waals surface area contributed by atoms with Gasteiger partial charge in [0.1, 0.15) is 0 Å². The van der Waals surface area contributed by atoms with E-state index in [1.165, 1.54) is 0 Å². The fourth-order valence-corrected chi connectivity index (χ4v) is 4.02. The van der Waals surface area contributed by atoms with E-state index in [9.17, 15) is 14.7 Å². The molecule has 1 atom stereocenters. The molecule has 6 nitrogen and oxygen atoms in total. The molecule has 0 heterocycles. The summed E-state index contributed by atoms with van der Waals surface area (Å²) in [5.41, 5.74) is 7.63. The maximum Gasteiger partial charge on any atom is 0.253 e. The van der Waals surface area contributed by atoms with Gasteiger partial charge < -0.3 is 21.3 Å². The highest BCUT2D eigenvalue weighted by atomic mass is 127. The smallest absolute Gasteiger partial charge is 0.253 e. The first-order valence-electron chi connectivity index (χ1n) is 5.64. The number of hydrogen-bond donors (Lipinski definition) is 4. The second kappa shape index (κ2) is 7.52. The van der Waals surface area contributed by atoms with E-state index in [0.717, 1.165) is 0 Å². The molecule has 1 unspecified atom stereocenters. The topological polar surface area (TPSA) is 113 Å². The molecule has 0 aliphatic carbocycles. The highest BCUT2D eigenvalue weighted by Gasteiger charge is 2.22. The number of carbonyl (C=O) groups is 2. The lowest BCUT2D eigenvalue weighted by atomic mass is 10.0. The number of aliphatic hydroxyl groups excluding tert-OH is 2. The number of aldehydes is 1. The first-order chi connectivity index (χ1) is 9.34. The van der Waals surface area contributed by atoms with Crippen molar-refractivity contribution in [1.82, 2.24) is 5.32 Å².